The minimum Gasteiger partial charge on any atom is -0.350 e. The number of benzene rings is 1. The van der Waals surface area contributed by atoms with E-state index in [0.717, 1.165) is 27.8 Å². The zero-order valence-electron chi connectivity index (χ0n) is 17.8. The van der Waals surface area contributed by atoms with Crippen LogP contribution in [-0.4, -0.2) is 49.8 Å². The van der Waals surface area contributed by atoms with Crippen LogP contribution in [0.15, 0.2) is 40.0 Å². The van der Waals surface area contributed by atoms with Gasteiger partial charge in [0.05, 0.1) is 15.9 Å². The number of aryl methyl sites for hydroxylation is 3. The Morgan fingerprint density at radius 3 is 2.62 bits per heavy atom. The van der Waals surface area contributed by atoms with Gasteiger partial charge in [0.25, 0.3) is 22.6 Å². The van der Waals surface area contributed by atoms with Crippen molar-refractivity contribution in [3.63, 3.8) is 0 Å². The fraction of sp³-hybridized carbons (Fsp3) is 0.227. The molecular formula is C22H21N5O4S. The molecule has 10 heteroatoms. The lowest BCUT2D eigenvalue weighted by Gasteiger charge is -2.13. The number of carbonyl (C=O) groups is 3. The minimum absolute atomic E-state index is 0.0278. The van der Waals surface area contributed by atoms with Gasteiger partial charge in [-0.05, 0) is 43.3 Å². The Bertz CT molecular complexity index is 1340. The molecule has 0 bridgehead atoms. The lowest BCUT2D eigenvalue weighted by atomic mass is 10.1. The van der Waals surface area contributed by atoms with E-state index in [1.165, 1.54) is 10.7 Å². The summed E-state index contributed by atoms with van der Waals surface area (Å²) < 4.78 is 1.46. The molecule has 1 saturated heterocycles. The van der Waals surface area contributed by atoms with Crippen LogP contribution >= 0.6 is 11.8 Å². The van der Waals surface area contributed by atoms with Crippen LogP contribution in [0.4, 0.5) is 4.79 Å². The molecule has 3 amide bonds. The van der Waals surface area contributed by atoms with E-state index < -0.39 is 17.4 Å². The van der Waals surface area contributed by atoms with E-state index in [4.69, 9.17) is 0 Å². The number of rotatable bonds is 5. The van der Waals surface area contributed by atoms with E-state index in [9.17, 15) is 19.2 Å². The van der Waals surface area contributed by atoms with Gasteiger partial charge in [0.15, 0.2) is 5.65 Å². The third-order valence-electron chi connectivity index (χ3n) is 5.06. The number of carbonyl (C=O) groups excluding carboxylic acids is 3. The summed E-state index contributed by atoms with van der Waals surface area (Å²) in [7, 11) is 1.64. The van der Waals surface area contributed by atoms with E-state index in [1.54, 1.807) is 20.0 Å². The first kappa shape index (κ1) is 21.6. The number of fused-ring (bicyclic) bond motifs is 1. The highest BCUT2D eigenvalue weighted by atomic mass is 32.2. The highest BCUT2D eigenvalue weighted by Gasteiger charge is 2.34. The summed E-state index contributed by atoms with van der Waals surface area (Å²) in [5.74, 6) is -0.865. The largest absolute Gasteiger partial charge is 0.350 e. The molecule has 3 aromatic rings. The van der Waals surface area contributed by atoms with Crippen molar-refractivity contribution in [2.24, 2.45) is 7.05 Å². The Morgan fingerprint density at radius 1 is 1.19 bits per heavy atom. The van der Waals surface area contributed by atoms with E-state index in [0.29, 0.717) is 16.2 Å². The maximum absolute atomic E-state index is 12.7. The molecule has 3 heterocycles. The summed E-state index contributed by atoms with van der Waals surface area (Å²) in [6.07, 6.45) is 1.68. The minimum atomic E-state index is -0.473. The number of nitrogens with one attached hydrogen (secondary N) is 2. The molecule has 1 aliphatic heterocycles. The fourth-order valence-electron chi connectivity index (χ4n) is 3.45. The van der Waals surface area contributed by atoms with Crippen molar-refractivity contribution in [2.75, 3.05) is 13.1 Å². The normalized spacial score (nSPS) is 15.2. The summed E-state index contributed by atoms with van der Waals surface area (Å²) in [5.41, 5.74) is 2.69. The van der Waals surface area contributed by atoms with E-state index in [2.05, 4.69) is 15.4 Å². The third-order valence-corrected chi connectivity index (χ3v) is 5.96. The molecule has 1 fully saturated rings. The third kappa shape index (κ3) is 4.09. The highest BCUT2D eigenvalue weighted by Crippen LogP contribution is 2.31. The maximum Gasteiger partial charge on any atom is 0.293 e. The number of nitrogens with zero attached hydrogens (tertiary/aromatic N) is 3. The van der Waals surface area contributed by atoms with Crippen LogP contribution in [0.1, 0.15) is 27.2 Å². The molecule has 2 aromatic heterocycles. The van der Waals surface area contributed by atoms with Crippen molar-refractivity contribution in [1.82, 2.24) is 25.0 Å². The second-order valence-electron chi connectivity index (χ2n) is 7.51. The quantitative estimate of drug-likeness (QED) is 0.575. The molecule has 2 N–H and O–H groups in total. The SMILES string of the molecule is Cc1ccc(/C=C2\SC(=O)N(CCNC(=O)c3cc(C)nc4c3c(=O)[nH]n4C)C2=O)cc1. The molecule has 0 atom stereocenters. The molecule has 1 aromatic carbocycles. The predicted molar refractivity (Wildman–Crippen MR) is 122 cm³/mol. The van der Waals surface area contributed by atoms with Gasteiger partial charge in [-0.25, -0.2) is 4.98 Å². The van der Waals surface area contributed by atoms with Gasteiger partial charge < -0.3 is 5.32 Å². The Labute approximate surface area is 187 Å². The van der Waals surface area contributed by atoms with Gasteiger partial charge in [-0.1, -0.05) is 29.8 Å². The van der Waals surface area contributed by atoms with Crippen LogP contribution in [0.5, 0.6) is 0 Å². The van der Waals surface area contributed by atoms with Crippen LogP contribution < -0.4 is 10.9 Å². The standard InChI is InChI=1S/C22H21N5O4S/c1-12-4-6-14(7-5-12)11-16-21(30)27(22(31)32-16)9-8-23-19(28)15-10-13(2)24-18-17(15)20(29)25-26(18)3/h4-7,10-11H,8-9H2,1-3H3,(H,23,28)(H,25,29)/b16-11-. The molecule has 0 radical (unpaired) electrons. The number of aromatic nitrogens is 3. The first-order valence-electron chi connectivity index (χ1n) is 9.91. The fourth-order valence-corrected chi connectivity index (χ4v) is 4.31. The topological polar surface area (TPSA) is 117 Å². The van der Waals surface area contributed by atoms with Gasteiger partial charge in [0, 0.05) is 25.8 Å². The van der Waals surface area contributed by atoms with Crippen molar-refractivity contribution in [3.8, 4) is 0 Å². The maximum atomic E-state index is 12.7. The number of thioether (sulfide) groups is 1. The molecule has 0 saturated carbocycles. The van der Waals surface area contributed by atoms with Crippen LogP contribution in [0.25, 0.3) is 17.1 Å². The number of amides is 3. The number of pyridine rings is 1. The molecule has 0 spiro atoms. The van der Waals surface area contributed by atoms with Gasteiger partial charge in [-0.2, -0.15) is 0 Å². The molecule has 32 heavy (non-hydrogen) atoms. The van der Waals surface area contributed by atoms with Crippen LogP contribution in [0, 0.1) is 13.8 Å². The highest BCUT2D eigenvalue weighted by molar-refractivity contribution is 8.18. The Hall–Kier alpha value is -3.66. The van der Waals surface area contributed by atoms with Gasteiger partial charge >= 0.3 is 0 Å². The average Bonchev–Trinajstić information content (AvgIpc) is 3.18. The Balaban J connectivity index is 1.45. The summed E-state index contributed by atoms with van der Waals surface area (Å²) in [6.45, 7) is 3.79. The van der Waals surface area contributed by atoms with Gasteiger partial charge in [-0.15, -0.1) is 0 Å². The first-order chi connectivity index (χ1) is 15.2. The number of H-pyrrole nitrogens is 1. The van der Waals surface area contributed by atoms with Gasteiger partial charge in [0.2, 0.25) is 0 Å². The van der Waals surface area contributed by atoms with Crippen molar-refractivity contribution in [2.45, 2.75) is 13.8 Å². The zero-order valence-corrected chi connectivity index (χ0v) is 18.6. The second-order valence-corrected chi connectivity index (χ2v) is 8.50. The molecule has 164 valence electrons. The van der Waals surface area contributed by atoms with E-state index in [-0.39, 0.29) is 29.3 Å². The number of hydrogen-bond acceptors (Lipinski definition) is 6. The number of aromatic amines is 1. The van der Waals surface area contributed by atoms with Crippen LogP contribution in [-0.2, 0) is 11.8 Å². The summed E-state index contributed by atoms with van der Waals surface area (Å²) >= 11 is 0.874. The summed E-state index contributed by atoms with van der Waals surface area (Å²) in [6, 6.07) is 9.16. The van der Waals surface area contributed by atoms with E-state index in [1.807, 2.05) is 31.2 Å². The van der Waals surface area contributed by atoms with Crippen molar-refractivity contribution in [3.05, 3.63) is 68.0 Å². The zero-order chi connectivity index (χ0) is 23.0. The molecule has 1 aliphatic rings. The van der Waals surface area contributed by atoms with Crippen molar-refractivity contribution < 1.29 is 14.4 Å². The Kier molecular flexibility index (Phi) is 5.70. The average molecular weight is 452 g/mol. The summed E-state index contributed by atoms with van der Waals surface area (Å²) in [4.78, 5) is 55.6. The lowest BCUT2D eigenvalue weighted by molar-refractivity contribution is -0.122. The van der Waals surface area contributed by atoms with Crippen molar-refractivity contribution in [1.29, 1.82) is 0 Å². The number of hydrogen-bond donors (Lipinski definition) is 2. The molecule has 9 nitrogen and oxygen atoms in total. The van der Waals surface area contributed by atoms with Crippen molar-refractivity contribution >= 4 is 45.9 Å². The lowest BCUT2D eigenvalue weighted by Crippen LogP contribution is -2.37. The summed E-state index contributed by atoms with van der Waals surface area (Å²) in [5, 5.41) is 5.09. The molecule has 0 aliphatic carbocycles. The van der Waals surface area contributed by atoms with Gasteiger partial charge in [0.1, 0.15) is 0 Å². The van der Waals surface area contributed by atoms with Gasteiger partial charge in [-0.3, -0.25) is 33.9 Å². The molecular weight excluding hydrogens is 430 g/mol. The van der Waals surface area contributed by atoms with Crippen LogP contribution in [0.2, 0.25) is 0 Å². The van der Waals surface area contributed by atoms with E-state index >= 15 is 0 Å². The molecule has 4 rings (SSSR count). The number of imide groups is 1. The Morgan fingerprint density at radius 2 is 1.91 bits per heavy atom. The van der Waals surface area contributed by atoms with Crippen LogP contribution in [0.3, 0.4) is 0 Å². The predicted octanol–water partition coefficient (Wildman–Crippen LogP) is 2.34. The monoisotopic (exact) mass is 451 g/mol. The smallest absolute Gasteiger partial charge is 0.293 e. The second kappa shape index (κ2) is 8.46. The molecule has 0 unspecified atom stereocenters. The first-order valence-corrected chi connectivity index (χ1v) is 10.7.